The van der Waals surface area contributed by atoms with Crippen molar-refractivity contribution in [3.63, 3.8) is 0 Å². The maximum atomic E-state index is 13.1. The van der Waals surface area contributed by atoms with Gasteiger partial charge in [0.15, 0.2) is 0 Å². The first-order valence-corrected chi connectivity index (χ1v) is 7.98. The van der Waals surface area contributed by atoms with Crippen LogP contribution in [0.5, 0.6) is 0 Å². The monoisotopic (exact) mass is 391 g/mol. The van der Waals surface area contributed by atoms with Gasteiger partial charge in [-0.3, -0.25) is 4.79 Å². The van der Waals surface area contributed by atoms with Crippen LogP contribution >= 0.6 is 15.9 Å². The predicted octanol–water partition coefficient (Wildman–Crippen LogP) is 4.26. The highest BCUT2D eigenvalue weighted by atomic mass is 79.9. The summed E-state index contributed by atoms with van der Waals surface area (Å²) in [7, 11) is 0. The van der Waals surface area contributed by atoms with E-state index in [1.54, 1.807) is 30.3 Å². The zero-order chi connectivity index (χ0) is 17.5. The first kappa shape index (κ1) is 17.9. The molecule has 2 N–H and O–H groups in total. The Morgan fingerprint density at radius 2 is 2.00 bits per heavy atom. The van der Waals surface area contributed by atoms with Gasteiger partial charge in [0.1, 0.15) is 5.82 Å². The van der Waals surface area contributed by atoms with Crippen LogP contribution in [0.2, 0.25) is 0 Å². The van der Waals surface area contributed by atoms with Crippen molar-refractivity contribution in [2.24, 2.45) is 0 Å². The van der Waals surface area contributed by atoms with Gasteiger partial charge < -0.3 is 10.4 Å². The molecular formula is C18H15BrFNO3. The lowest BCUT2D eigenvalue weighted by molar-refractivity contribution is -0.131. The van der Waals surface area contributed by atoms with Gasteiger partial charge in [0.2, 0.25) is 5.91 Å². The molecule has 0 saturated heterocycles. The molecule has 0 saturated carbocycles. The maximum absolute atomic E-state index is 13.1. The fraction of sp³-hybridized carbons (Fsp3) is 0.111. The van der Waals surface area contributed by atoms with Crippen molar-refractivity contribution in [3.8, 4) is 0 Å². The van der Waals surface area contributed by atoms with E-state index in [9.17, 15) is 14.0 Å². The van der Waals surface area contributed by atoms with E-state index in [2.05, 4.69) is 21.2 Å². The van der Waals surface area contributed by atoms with Gasteiger partial charge in [-0.2, -0.15) is 0 Å². The SMILES string of the molecule is O=C(O)/C=C/c1ccc(Br)c(NC(=O)CCc2cccc(F)c2)c1. The molecule has 1 amide bonds. The number of aliphatic carboxylic acids is 1. The van der Waals surface area contributed by atoms with Crippen LogP contribution < -0.4 is 5.32 Å². The minimum Gasteiger partial charge on any atom is -0.478 e. The Morgan fingerprint density at radius 3 is 2.71 bits per heavy atom. The number of anilines is 1. The first-order valence-electron chi connectivity index (χ1n) is 7.19. The minimum atomic E-state index is -1.04. The summed E-state index contributed by atoms with van der Waals surface area (Å²) >= 11 is 3.34. The van der Waals surface area contributed by atoms with Gasteiger partial charge in [0.25, 0.3) is 0 Å². The number of carboxylic acids is 1. The molecule has 0 unspecified atom stereocenters. The summed E-state index contributed by atoms with van der Waals surface area (Å²) in [5.74, 6) is -1.58. The smallest absolute Gasteiger partial charge is 0.328 e. The topological polar surface area (TPSA) is 66.4 Å². The van der Waals surface area contributed by atoms with E-state index in [0.29, 0.717) is 22.1 Å². The van der Waals surface area contributed by atoms with E-state index in [1.165, 1.54) is 18.2 Å². The molecule has 0 aliphatic rings. The van der Waals surface area contributed by atoms with Gasteiger partial charge in [0, 0.05) is 17.0 Å². The summed E-state index contributed by atoms with van der Waals surface area (Å²) in [4.78, 5) is 22.6. The number of hydrogen-bond donors (Lipinski definition) is 2. The maximum Gasteiger partial charge on any atom is 0.328 e. The number of benzene rings is 2. The van der Waals surface area contributed by atoms with Crippen molar-refractivity contribution in [3.05, 3.63) is 70.0 Å². The number of carbonyl (C=O) groups excluding carboxylic acids is 1. The highest BCUT2D eigenvalue weighted by Crippen LogP contribution is 2.24. The summed E-state index contributed by atoms with van der Waals surface area (Å²) in [6.45, 7) is 0. The molecule has 4 nitrogen and oxygen atoms in total. The average molecular weight is 392 g/mol. The zero-order valence-electron chi connectivity index (χ0n) is 12.6. The Kier molecular flexibility index (Phi) is 6.26. The summed E-state index contributed by atoms with van der Waals surface area (Å²) in [5.41, 5.74) is 1.95. The summed E-state index contributed by atoms with van der Waals surface area (Å²) in [6, 6.07) is 11.3. The van der Waals surface area contributed by atoms with Crippen molar-refractivity contribution in [1.29, 1.82) is 0 Å². The number of carboxylic acid groups (broad SMARTS) is 1. The molecule has 0 bridgehead atoms. The fourth-order valence-electron chi connectivity index (χ4n) is 2.07. The Hall–Kier alpha value is -2.47. The first-order chi connectivity index (χ1) is 11.4. The molecule has 0 radical (unpaired) electrons. The van der Waals surface area contributed by atoms with E-state index < -0.39 is 5.97 Å². The summed E-state index contributed by atoms with van der Waals surface area (Å²) < 4.78 is 13.8. The lowest BCUT2D eigenvalue weighted by Crippen LogP contribution is -2.12. The molecule has 6 heteroatoms. The normalized spacial score (nSPS) is 10.8. The second kappa shape index (κ2) is 8.40. The number of aryl methyl sites for hydroxylation is 1. The Morgan fingerprint density at radius 1 is 1.21 bits per heavy atom. The predicted molar refractivity (Wildman–Crippen MR) is 94.2 cm³/mol. The number of amides is 1. The average Bonchev–Trinajstić information content (AvgIpc) is 2.53. The summed E-state index contributed by atoms with van der Waals surface area (Å²) in [5, 5.41) is 11.4. The van der Waals surface area contributed by atoms with Crippen LogP contribution in [0.25, 0.3) is 6.08 Å². The second-order valence-corrected chi connectivity index (χ2v) is 5.94. The molecular weight excluding hydrogens is 377 g/mol. The molecule has 0 spiro atoms. The van der Waals surface area contributed by atoms with Gasteiger partial charge in [-0.05, 0) is 63.8 Å². The number of rotatable bonds is 6. The molecule has 2 aromatic carbocycles. The van der Waals surface area contributed by atoms with E-state index in [0.717, 1.165) is 11.6 Å². The lowest BCUT2D eigenvalue weighted by Gasteiger charge is -2.09. The lowest BCUT2D eigenvalue weighted by atomic mass is 10.1. The van der Waals surface area contributed by atoms with Crippen LogP contribution in [0.3, 0.4) is 0 Å². The van der Waals surface area contributed by atoms with E-state index in [1.807, 2.05) is 0 Å². The van der Waals surface area contributed by atoms with Crippen LogP contribution in [0.4, 0.5) is 10.1 Å². The zero-order valence-corrected chi connectivity index (χ0v) is 14.2. The van der Waals surface area contributed by atoms with E-state index in [4.69, 9.17) is 5.11 Å². The van der Waals surface area contributed by atoms with Crippen LogP contribution in [-0.4, -0.2) is 17.0 Å². The van der Waals surface area contributed by atoms with E-state index >= 15 is 0 Å². The molecule has 0 aromatic heterocycles. The molecule has 0 aliphatic carbocycles. The quantitative estimate of drug-likeness (QED) is 0.723. The molecule has 0 heterocycles. The molecule has 124 valence electrons. The third-order valence-corrected chi connectivity index (χ3v) is 3.90. The summed E-state index contributed by atoms with van der Waals surface area (Å²) in [6.07, 6.45) is 3.11. The molecule has 2 aromatic rings. The number of hydrogen-bond acceptors (Lipinski definition) is 2. The van der Waals surface area contributed by atoms with Crippen molar-refractivity contribution in [1.82, 2.24) is 0 Å². The Bertz CT molecular complexity index is 790. The Labute approximate surface area is 147 Å². The number of nitrogens with one attached hydrogen (secondary N) is 1. The third kappa shape index (κ3) is 5.62. The molecule has 0 atom stereocenters. The number of carbonyl (C=O) groups is 2. The number of halogens is 2. The molecule has 2 rings (SSSR count). The second-order valence-electron chi connectivity index (χ2n) is 5.09. The van der Waals surface area contributed by atoms with Crippen LogP contribution in [0, 0.1) is 5.82 Å². The van der Waals surface area contributed by atoms with Crippen molar-refractivity contribution >= 4 is 39.6 Å². The Balaban J connectivity index is 2.00. The van der Waals surface area contributed by atoms with Crippen LogP contribution in [-0.2, 0) is 16.0 Å². The van der Waals surface area contributed by atoms with Crippen molar-refractivity contribution in [2.45, 2.75) is 12.8 Å². The third-order valence-electron chi connectivity index (χ3n) is 3.21. The van der Waals surface area contributed by atoms with Gasteiger partial charge >= 0.3 is 5.97 Å². The molecule has 0 aliphatic heterocycles. The van der Waals surface area contributed by atoms with Crippen LogP contribution in [0.15, 0.2) is 53.0 Å². The largest absolute Gasteiger partial charge is 0.478 e. The molecule has 24 heavy (non-hydrogen) atoms. The standard InChI is InChI=1S/C18H15BrFNO3/c19-15-7-4-13(6-9-18(23)24)11-16(15)21-17(22)8-5-12-2-1-3-14(20)10-12/h1-4,6-7,9-11H,5,8H2,(H,21,22)(H,23,24)/b9-6+. The highest BCUT2D eigenvalue weighted by Gasteiger charge is 2.07. The van der Waals surface area contributed by atoms with Gasteiger partial charge in [-0.1, -0.05) is 18.2 Å². The van der Waals surface area contributed by atoms with Crippen LogP contribution in [0.1, 0.15) is 17.5 Å². The van der Waals surface area contributed by atoms with E-state index in [-0.39, 0.29) is 18.1 Å². The molecule has 0 fully saturated rings. The van der Waals surface area contributed by atoms with Gasteiger partial charge in [-0.25, -0.2) is 9.18 Å². The van der Waals surface area contributed by atoms with Crippen molar-refractivity contribution < 1.29 is 19.1 Å². The fourth-order valence-corrected chi connectivity index (χ4v) is 2.42. The minimum absolute atomic E-state index is 0.209. The van der Waals surface area contributed by atoms with Gasteiger partial charge in [0.05, 0.1) is 5.69 Å². The van der Waals surface area contributed by atoms with Gasteiger partial charge in [-0.15, -0.1) is 0 Å². The highest BCUT2D eigenvalue weighted by molar-refractivity contribution is 9.10. The van der Waals surface area contributed by atoms with Crippen molar-refractivity contribution in [2.75, 3.05) is 5.32 Å².